The predicted octanol–water partition coefficient (Wildman–Crippen LogP) is 16.9. The Hall–Kier alpha value is -1.59. The first-order chi connectivity index (χ1) is 28.8. The molecule has 0 heterocycles. The summed E-state index contributed by atoms with van der Waals surface area (Å²) in [6.07, 6.45) is 46.7. The predicted molar refractivity (Wildman–Crippen MR) is 252 cm³/mol. The van der Waals surface area contributed by atoms with E-state index in [1.807, 2.05) is 0 Å². The minimum Gasteiger partial charge on any atom is -0.462 e. The molecule has 0 bridgehead atoms. The molecular formula is C53H102O6. The van der Waals surface area contributed by atoms with Crippen LogP contribution in [-0.4, -0.2) is 37.2 Å². The molecule has 0 spiro atoms. The van der Waals surface area contributed by atoms with Crippen LogP contribution in [0.4, 0.5) is 0 Å². The Morgan fingerprint density at radius 2 is 0.593 bits per heavy atom. The maximum atomic E-state index is 12.7. The van der Waals surface area contributed by atoms with Crippen LogP contribution in [-0.2, 0) is 28.6 Å². The monoisotopic (exact) mass is 835 g/mol. The number of unbranched alkanes of at least 4 members (excludes halogenated alkanes) is 30. The Labute approximate surface area is 368 Å². The SMILES string of the molecule is CCCCCCCCCCCC(=O)O[C@H](COC(=O)CCCCCCCCCCCCCCCCCCCCC(C)CC)COC(=O)CCCCCCCCC(C)CC. The largest absolute Gasteiger partial charge is 0.462 e. The van der Waals surface area contributed by atoms with Gasteiger partial charge in [-0.2, -0.15) is 0 Å². The normalized spacial score (nSPS) is 13.0. The Bertz CT molecular complexity index is 904. The highest BCUT2D eigenvalue weighted by Gasteiger charge is 2.19. The Morgan fingerprint density at radius 3 is 0.881 bits per heavy atom. The van der Waals surface area contributed by atoms with Crippen molar-refractivity contribution in [3.63, 3.8) is 0 Å². The third-order valence-electron chi connectivity index (χ3n) is 12.7. The van der Waals surface area contributed by atoms with Gasteiger partial charge >= 0.3 is 17.9 Å². The minimum atomic E-state index is -0.761. The van der Waals surface area contributed by atoms with E-state index in [1.54, 1.807) is 0 Å². The summed E-state index contributed by atoms with van der Waals surface area (Å²) < 4.78 is 16.8. The molecule has 6 nitrogen and oxygen atoms in total. The molecule has 3 atom stereocenters. The van der Waals surface area contributed by atoms with Crippen LogP contribution in [0, 0.1) is 11.8 Å². The second-order valence-corrected chi connectivity index (χ2v) is 18.6. The quantitative estimate of drug-likeness (QED) is 0.0345. The van der Waals surface area contributed by atoms with Gasteiger partial charge in [-0.1, -0.05) is 253 Å². The van der Waals surface area contributed by atoms with Crippen molar-refractivity contribution in [2.24, 2.45) is 11.8 Å². The third kappa shape index (κ3) is 44.3. The van der Waals surface area contributed by atoms with Gasteiger partial charge in [0.05, 0.1) is 0 Å². The lowest BCUT2D eigenvalue weighted by atomic mass is 9.99. The van der Waals surface area contributed by atoms with Gasteiger partial charge in [0.1, 0.15) is 13.2 Å². The van der Waals surface area contributed by atoms with E-state index in [4.69, 9.17) is 14.2 Å². The van der Waals surface area contributed by atoms with Crippen LogP contribution in [0.1, 0.15) is 291 Å². The number of esters is 3. The molecule has 0 fully saturated rings. The van der Waals surface area contributed by atoms with E-state index in [-0.39, 0.29) is 31.1 Å². The molecule has 0 aromatic rings. The highest BCUT2D eigenvalue weighted by molar-refractivity contribution is 5.71. The molecule has 0 aliphatic carbocycles. The molecule has 0 aromatic heterocycles. The summed E-state index contributed by atoms with van der Waals surface area (Å²) in [7, 11) is 0. The van der Waals surface area contributed by atoms with Crippen molar-refractivity contribution >= 4 is 17.9 Å². The van der Waals surface area contributed by atoms with Gasteiger partial charge in [-0.3, -0.25) is 14.4 Å². The fourth-order valence-electron chi connectivity index (χ4n) is 7.93. The van der Waals surface area contributed by atoms with Gasteiger partial charge in [0, 0.05) is 19.3 Å². The number of rotatable bonds is 47. The topological polar surface area (TPSA) is 78.9 Å². The van der Waals surface area contributed by atoms with Gasteiger partial charge in [0.25, 0.3) is 0 Å². The van der Waals surface area contributed by atoms with Gasteiger partial charge in [-0.15, -0.1) is 0 Å². The second kappa shape index (κ2) is 45.9. The first-order valence-electron chi connectivity index (χ1n) is 26.3. The Morgan fingerprint density at radius 1 is 0.339 bits per heavy atom. The number of hydrogen-bond acceptors (Lipinski definition) is 6. The van der Waals surface area contributed by atoms with Crippen LogP contribution >= 0.6 is 0 Å². The van der Waals surface area contributed by atoms with Gasteiger partial charge in [0.15, 0.2) is 6.10 Å². The lowest BCUT2D eigenvalue weighted by Crippen LogP contribution is -2.30. The van der Waals surface area contributed by atoms with Gasteiger partial charge in [-0.25, -0.2) is 0 Å². The van der Waals surface area contributed by atoms with E-state index in [0.29, 0.717) is 19.3 Å². The number of carbonyl (C=O) groups excluding carboxylic acids is 3. The first-order valence-corrected chi connectivity index (χ1v) is 26.3. The molecule has 0 rings (SSSR count). The molecule has 0 aliphatic rings. The van der Waals surface area contributed by atoms with E-state index in [2.05, 4.69) is 34.6 Å². The molecule has 0 aromatic carbocycles. The van der Waals surface area contributed by atoms with Crippen LogP contribution in [0.5, 0.6) is 0 Å². The Balaban J connectivity index is 4.13. The molecule has 0 aliphatic heterocycles. The van der Waals surface area contributed by atoms with Crippen molar-refractivity contribution in [2.45, 2.75) is 298 Å². The maximum Gasteiger partial charge on any atom is 0.306 e. The average Bonchev–Trinajstić information content (AvgIpc) is 3.23. The molecule has 0 saturated carbocycles. The van der Waals surface area contributed by atoms with Crippen LogP contribution < -0.4 is 0 Å². The van der Waals surface area contributed by atoms with Crippen LogP contribution in [0.15, 0.2) is 0 Å². The van der Waals surface area contributed by atoms with Crippen LogP contribution in [0.2, 0.25) is 0 Å². The van der Waals surface area contributed by atoms with Crippen molar-refractivity contribution in [1.82, 2.24) is 0 Å². The minimum absolute atomic E-state index is 0.0645. The molecule has 0 N–H and O–H groups in total. The summed E-state index contributed by atoms with van der Waals surface area (Å²) >= 11 is 0. The summed E-state index contributed by atoms with van der Waals surface area (Å²) in [6.45, 7) is 11.4. The summed E-state index contributed by atoms with van der Waals surface area (Å²) in [6, 6.07) is 0. The van der Waals surface area contributed by atoms with Crippen LogP contribution in [0.25, 0.3) is 0 Å². The number of hydrogen-bond donors (Lipinski definition) is 0. The van der Waals surface area contributed by atoms with Crippen LogP contribution in [0.3, 0.4) is 0 Å². The molecule has 2 unspecified atom stereocenters. The summed E-state index contributed by atoms with van der Waals surface area (Å²) in [5.41, 5.74) is 0. The number of carbonyl (C=O) groups is 3. The fraction of sp³-hybridized carbons (Fsp3) is 0.943. The van der Waals surface area contributed by atoms with E-state index >= 15 is 0 Å². The van der Waals surface area contributed by atoms with Crippen molar-refractivity contribution in [2.75, 3.05) is 13.2 Å². The zero-order chi connectivity index (χ0) is 43.3. The van der Waals surface area contributed by atoms with E-state index in [0.717, 1.165) is 69.6 Å². The standard InChI is InChI=1S/C53H102O6/c1-6-9-10-11-12-23-28-35-40-45-53(56)59-50(47-58-52(55)44-39-34-30-29-32-37-42-49(5)8-3)46-57-51(54)43-38-33-27-25-22-20-18-16-14-13-15-17-19-21-24-26-31-36-41-48(4)7-2/h48-50H,6-47H2,1-5H3/t48?,49?,50-/m1/s1. The molecular weight excluding hydrogens is 733 g/mol. The third-order valence-corrected chi connectivity index (χ3v) is 12.7. The zero-order valence-corrected chi connectivity index (χ0v) is 40.4. The van der Waals surface area contributed by atoms with Gasteiger partial charge in [-0.05, 0) is 31.1 Å². The lowest BCUT2D eigenvalue weighted by molar-refractivity contribution is -0.167. The highest BCUT2D eigenvalue weighted by atomic mass is 16.6. The summed E-state index contributed by atoms with van der Waals surface area (Å²) in [5.74, 6) is 0.870. The van der Waals surface area contributed by atoms with E-state index in [1.165, 1.54) is 180 Å². The van der Waals surface area contributed by atoms with Gasteiger partial charge in [0.2, 0.25) is 0 Å². The first kappa shape index (κ1) is 57.4. The average molecular weight is 835 g/mol. The van der Waals surface area contributed by atoms with Crippen molar-refractivity contribution < 1.29 is 28.6 Å². The smallest absolute Gasteiger partial charge is 0.306 e. The molecule has 0 saturated heterocycles. The van der Waals surface area contributed by atoms with Gasteiger partial charge < -0.3 is 14.2 Å². The fourth-order valence-corrected chi connectivity index (χ4v) is 7.93. The zero-order valence-electron chi connectivity index (χ0n) is 40.4. The molecule has 59 heavy (non-hydrogen) atoms. The van der Waals surface area contributed by atoms with E-state index < -0.39 is 6.10 Å². The lowest BCUT2D eigenvalue weighted by Gasteiger charge is -2.18. The summed E-state index contributed by atoms with van der Waals surface area (Å²) in [5, 5.41) is 0. The highest BCUT2D eigenvalue weighted by Crippen LogP contribution is 2.18. The molecule has 0 radical (unpaired) electrons. The van der Waals surface area contributed by atoms with Crippen molar-refractivity contribution in [3.8, 4) is 0 Å². The maximum absolute atomic E-state index is 12.7. The van der Waals surface area contributed by atoms with Crippen molar-refractivity contribution in [1.29, 1.82) is 0 Å². The molecule has 6 heteroatoms. The Kier molecular flexibility index (Phi) is 44.7. The van der Waals surface area contributed by atoms with Crippen molar-refractivity contribution in [3.05, 3.63) is 0 Å². The second-order valence-electron chi connectivity index (χ2n) is 18.6. The van der Waals surface area contributed by atoms with E-state index in [9.17, 15) is 14.4 Å². The number of ether oxygens (including phenoxy) is 3. The summed E-state index contributed by atoms with van der Waals surface area (Å²) in [4.78, 5) is 37.8. The molecule has 0 amide bonds. The molecule has 350 valence electrons.